The van der Waals surface area contributed by atoms with Crippen LogP contribution in [-0.2, 0) is 21.7 Å². The van der Waals surface area contributed by atoms with Gasteiger partial charge < -0.3 is 10.1 Å². The minimum absolute atomic E-state index is 0.0854. The highest BCUT2D eigenvalue weighted by molar-refractivity contribution is 7.39. The van der Waals surface area contributed by atoms with E-state index in [1.54, 1.807) is 19.1 Å². The molecule has 1 unspecified atom stereocenters. The first kappa shape index (κ1) is 22.3. The summed E-state index contributed by atoms with van der Waals surface area (Å²) in [4.78, 5) is 7.30. The van der Waals surface area contributed by atoms with E-state index in [2.05, 4.69) is 15.3 Å². The third-order valence-electron chi connectivity index (χ3n) is 3.64. The lowest BCUT2D eigenvalue weighted by molar-refractivity contribution is -0.137. The van der Waals surface area contributed by atoms with Crippen molar-refractivity contribution in [3.05, 3.63) is 40.7 Å². The molecule has 0 saturated heterocycles. The molecule has 1 aromatic heterocycles. The van der Waals surface area contributed by atoms with Crippen LogP contribution in [0, 0.1) is 0 Å². The Morgan fingerprint density at radius 3 is 2.68 bits per heavy atom. The van der Waals surface area contributed by atoms with Crippen LogP contribution >= 0.6 is 19.6 Å². The van der Waals surface area contributed by atoms with E-state index >= 15 is 0 Å². The Balaban J connectivity index is 2.08. The number of halogens is 4. The molecule has 0 aliphatic rings. The van der Waals surface area contributed by atoms with Crippen LogP contribution in [0.25, 0.3) is 0 Å². The molecule has 0 bridgehead atoms. The first-order valence-electron chi connectivity index (χ1n) is 8.35. The number of alkyl halides is 3. The number of benzene rings is 1. The molecule has 0 aliphatic carbocycles. The van der Waals surface area contributed by atoms with Crippen molar-refractivity contribution < 1.29 is 27.0 Å². The Bertz CT molecular complexity index is 837. The minimum atomic E-state index is -4.62. The van der Waals surface area contributed by atoms with Crippen LogP contribution in [-0.4, -0.2) is 29.8 Å². The maximum Gasteiger partial charge on any atom is 0.508 e. The molecule has 0 saturated carbocycles. The number of hydrogen-bond donors (Lipinski definition) is 1. The first-order chi connectivity index (χ1) is 13.2. The van der Waals surface area contributed by atoms with Gasteiger partial charge in [0.15, 0.2) is 6.16 Å². The second-order valence-electron chi connectivity index (χ2n) is 5.63. The van der Waals surface area contributed by atoms with Gasteiger partial charge >= 0.3 is 14.2 Å². The first-order valence-corrected chi connectivity index (χ1v) is 10.1. The van der Waals surface area contributed by atoms with Gasteiger partial charge in [0.05, 0.1) is 19.4 Å². The Kier molecular flexibility index (Phi) is 7.98. The molecule has 11 heteroatoms. The number of aryl methyl sites for hydroxylation is 1. The number of anilines is 2. The molecule has 1 heterocycles. The quantitative estimate of drug-likeness (QED) is 0.406. The van der Waals surface area contributed by atoms with Gasteiger partial charge in [-0.05, 0) is 42.0 Å². The number of methoxy groups -OCH3 is 1. The van der Waals surface area contributed by atoms with E-state index in [0.29, 0.717) is 43.2 Å². The molecular weight excluding hydrogens is 418 g/mol. The van der Waals surface area contributed by atoms with E-state index in [-0.39, 0.29) is 5.95 Å². The number of rotatable bonds is 9. The Labute approximate surface area is 166 Å². The molecule has 0 spiro atoms. The monoisotopic (exact) mass is 436 g/mol. The molecule has 0 radical (unpaired) electrons. The van der Waals surface area contributed by atoms with Gasteiger partial charge in [-0.3, -0.25) is 0 Å². The summed E-state index contributed by atoms with van der Waals surface area (Å²) in [6.07, 6.45) is -2.18. The molecule has 1 atom stereocenters. The van der Waals surface area contributed by atoms with E-state index < -0.39 is 24.9 Å². The summed E-state index contributed by atoms with van der Waals surface area (Å²) >= 11 is 5.61. The topological polar surface area (TPSA) is 73.3 Å². The fourth-order valence-electron chi connectivity index (χ4n) is 2.35. The van der Waals surface area contributed by atoms with E-state index in [9.17, 15) is 17.7 Å². The van der Waals surface area contributed by atoms with Crippen molar-refractivity contribution in [2.75, 3.05) is 25.2 Å². The van der Waals surface area contributed by atoms with E-state index in [0.717, 1.165) is 5.56 Å². The summed E-state index contributed by atoms with van der Waals surface area (Å²) < 4.78 is 60.1. The molecule has 6 nitrogen and oxygen atoms in total. The predicted octanol–water partition coefficient (Wildman–Crippen LogP) is 5.61. The molecule has 0 amide bonds. The Morgan fingerprint density at radius 1 is 1.32 bits per heavy atom. The smallest absolute Gasteiger partial charge is 0.495 e. The molecular formula is C17H19ClF3N3O3P+. The third kappa shape index (κ3) is 6.29. The van der Waals surface area contributed by atoms with Crippen LogP contribution in [0.2, 0.25) is 5.15 Å². The highest BCUT2D eigenvalue weighted by Crippen LogP contribution is 2.34. The Morgan fingerprint density at radius 2 is 2.07 bits per heavy atom. The zero-order valence-corrected chi connectivity index (χ0v) is 16.9. The highest BCUT2D eigenvalue weighted by Gasteiger charge is 2.34. The van der Waals surface area contributed by atoms with Crippen molar-refractivity contribution in [1.29, 1.82) is 0 Å². The number of ether oxygens (including phenoxy) is 1. The molecule has 2 rings (SSSR count). The second-order valence-corrected chi connectivity index (χ2v) is 7.36. The van der Waals surface area contributed by atoms with Crippen LogP contribution in [0.1, 0.15) is 24.5 Å². The van der Waals surface area contributed by atoms with Crippen molar-refractivity contribution in [1.82, 2.24) is 9.97 Å². The SMILES string of the molecule is CCO[P+](=O)CCCc1ccc(Nc2ncc(C(F)(F)F)c(Cl)n2)c(OC)c1. The van der Waals surface area contributed by atoms with Crippen molar-refractivity contribution in [3.8, 4) is 5.75 Å². The second kappa shape index (κ2) is 10.0. The van der Waals surface area contributed by atoms with Gasteiger partial charge in [-0.15, -0.1) is 4.52 Å². The molecule has 0 aliphatic heterocycles. The largest absolute Gasteiger partial charge is 0.508 e. The lowest BCUT2D eigenvalue weighted by atomic mass is 10.1. The maximum atomic E-state index is 12.7. The average molecular weight is 437 g/mol. The van der Waals surface area contributed by atoms with Gasteiger partial charge in [0.1, 0.15) is 16.5 Å². The minimum Gasteiger partial charge on any atom is -0.495 e. The van der Waals surface area contributed by atoms with Gasteiger partial charge in [-0.1, -0.05) is 17.7 Å². The zero-order valence-electron chi connectivity index (χ0n) is 15.2. The normalized spacial score (nSPS) is 12.0. The van der Waals surface area contributed by atoms with Gasteiger partial charge in [0, 0.05) is 6.20 Å². The third-order valence-corrected chi connectivity index (χ3v) is 5.15. The van der Waals surface area contributed by atoms with Crippen LogP contribution in [0.15, 0.2) is 24.4 Å². The average Bonchev–Trinajstić information content (AvgIpc) is 2.62. The van der Waals surface area contributed by atoms with Crippen LogP contribution in [0.3, 0.4) is 0 Å². The lowest BCUT2D eigenvalue weighted by Gasteiger charge is -2.13. The van der Waals surface area contributed by atoms with Crippen molar-refractivity contribution >= 4 is 31.3 Å². The molecule has 1 N–H and O–H groups in total. The summed E-state index contributed by atoms with van der Waals surface area (Å²) in [5.41, 5.74) is 0.323. The summed E-state index contributed by atoms with van der Waals surface area (Å²) in [7, 11) is -0.176. The number of hydrogen-bond acceptors (Lipinski definition) is 6. The fourth-order valence-corrected chi connectivity index (χ4v) is 3.42. The van der Waals surface area contributed by atoms with Gasteiger partial charge in [0.2, 0.25) is 5.95 Å². The maximum absolute atomic E-state index is 12.7. The zero-order chi connectivity index (χ0) is 20.7. The highest BCUT2D eigenvalue weighted by atomic mass is 35.5. The van der Waals surface area contributed by atoms with Crippen LogP contribution in [0.5, 0.6) is 5.75 Å². The van der Waals surface area contributed by atoms with Crippen molar-refractivity contribution in [2.24, 2.45) is 0 Å². The summed E-state index contributed by atoms with van der Waals surface area (Å²) in [5, 5.41) is 2.10. The molecule has 28 heavy (non-hydrogen) atoms. The van der Waals surface area contributed by atoms with Gasteiger partial charge in [-0.2, -0.15) is 13.2 Å². The Hall–Kier alpha value is -1.96. The van der Waals surface area contributed by atoms with E-state index in [4.69, 9.17) is 20.9 Å². The summed E-state index contributed by atoms with van der Waals surface area (Å²) in [6.45, 7) is 2.21. The van der Waals surface area contributed by atoms with E-state index in [1.807, 2.05) is 6.07 Å². The molecule has 1 aromatic carbocycles. The van der Waals surface area contributed by atoms with E-state index in [1.165, 1.54) is 7.11 Å². The summed E-state index contributed by atoms with van der Waals surface area (Å²) in [5.74, 6) is 0.379. The molecule has 152 valence electrons. The molecule has 0 fully saturated rings. The van der Waals surface area contributed by atoms with Crippen LogP contribution < -0.4 is 10.1 Å². The molecule has 2 aromatic rings. The predicted molar refractivity (Wildman–Crippen MR) is 101 cm³/mol. The van der Waals surface area contributed by atoms with Crippen molar-refractivity contribution in [3.63, 3.8) is 0 Å². The number of nitrogens with zero attached hydrogens (tertiary/aromatic N) is 2. The lowest BCUT2D eigenvalue weighted by Crippen LogP contribution is -2.09. The number of nitrogens with one attached hydrogen (secondary N) is 1. The summed E-state index contributed by atoms with van der Waals surface area (Å²) in [6, 6.07) is 5.30. The van der Waals surface area contributed by atoms with Crippen molar-refractivity contribution in [2.45, 2.75) is 25.9 Å². The number of aromatic nitrogens is 2. The van der Waals surface area contributed by atoms with Crippen LogP contribution in [0.4, 0.5) is 24.8 Å². The fraction of sp³-hybridized carbons (Fsp3) is 0.412. The van der Waals surface area contributed by atoms with Gasteiger partial charge in [0.25, 0.3) is 0 Å². The standard InChI is InChI=1S/C17H19ClF3N3O3P/c1-3-27-28(25)8-4-5-11-6-7-13(14(9-11)26-2)23-16-22-10-12(15(18)24-16)17(19,20)21/h6-7,9-10H,3-5,8H2,1-2H3,(H,22,23,24)/q+1. The van der Waals surface area contributed by atoms with Gasteiger partial charge in [-0.25, -0.2) is 9.97 Å².